The number of aryl methyl sites for hydroxylation is 1. The zero-order valence-electron chi connectivity index (χ0n) is 21.5. The number of carboxylic acid groups (broad SMARTS) is 1. The van der Waals surface area contributed by atoms with Crippen molar-refractivity contribution in [3.8, 4) is 0 Å². The third-order valence-electron chi connectivity index (χ3n) is 6.86. The molecule has 1 saturated carbocycles. The highest BCUT2D eigenvalue weighted by molar-refractivity contribution is 5.98. The summed E-state index contributed by atoms with van der Waals surface area (Å²) < 4.78 is 41.4. The second-order valence-corrected chi connectivity index (χ2v) is 9.55. The molecule has 37 heavy (non-hydrogen) atoms. The number of hydrogen-bond acceptors (Lipinski definition) is 4. The first-order valence-corrected chi connectivity index (χ1v) is 12.7. The molecule has 0 amide bonds. The number of carboxylic acids is 1. The third kappa shape index (κ3) is 7.92. The highest BCUT2D eigenvalue weighted by Crippen LogP contribution is 2.41. The predicted molar refractivity (Wildman–Crippen MR) is 139 cm³/mol. The molecule has 0 heterocycles. The standard InChI is InChI=1S/C29H35F3N2O3/c1-4-22-15-24(11-12-25(22)17-33-16-19(2)28(35)36)20(3)34-37-18-21-10-13-26(23-8-6-5-7-9-23)27(14-21)29(30,31)32/h10-15,23,33H,2,4-9,16-18H2,1,3H3,(H,35,36)/b34-20-. The number of aliphatic carboxylic acids is 1. The SMILES string of the molecule is C=C(CNCc1ccc(/C(C)=N\OCc2ccc(C3CCCCC3)c(C(F)(F)F)c2)cc1CC)C(=O)O. The first-order valence-electron chi connectivity index (χ1n) is 12.7. The van der Waals surface area contributed by atoms with Crippen LogP contribution in [0.5, 0.6) is 0 Å². The Kier molecular flexibility index (Phi) is 9.92. The number of alkyl halides is 3. The fourth-order valence-corrected chi connectivity index (χ4v) is 4.74. The maximum atomic E-state index is 13.8. The number of benzene rings is 2. The van der Waals surface area contributed by atoms with Gasteiger partial charge in [0.15, 0.2) is 0 Å². The molecule has 0 atom stereocenters. The molecule has 2 aromatic carbocycles. The van der Waals surface area contributed by atoms with E-state index in [1.807, 2.05) is 25.1 Å². The van der Waals surface area contributed by atoms with Gasteiger partial charge in [0, 0.05) is 18.7 Å². The van der Waals surface area contributed by atoms with Gasteiger partial charge in [-0.15, -0.1) is 0 Å². The average Bonchev–Trinajstić information content (AvgIpc) is 2.88. The summed E-state index contributed by atoms with van der Waals surface area (Å²) in [6, 6.07) is 10.4. The molecular weight excluding hydrogens is 481 g/mol. The fourth-order valence-electron chi connectivity index (χ4n) is 4.74. The monoisotopic (exact) mass is 516 g/mol. The summed E-state index contributed by atoms with van der Waals surface area (Å²) in [5.41, 5.74) is 3.93. The number of carbonyl (C=O) groups is 1. The zero-order valence-corrected chi connectivity index (χ0v) is 21.5. The van der Waals surface area contributed by atoms with Gasteiger partial charge < -0.3 is 15.3 Å². The van der Waals surface area contributed by atoms with Crippen LogP contribution in [0.15, 0.2) is 53.7 Å². The Labute approximate surface area is 216 Å². The predicted octanol–water partition coefficient (Wildman–Crippen LogP) is 6.99. The Morgan fingerprint density at radius 3 is 2.51 bits per heavy atom. The minimum Gasteiger partial charge on any atom is -0.478 e. The van der Waals surface area contributed by atoms with Gasteiger partial charge in [-0.05, 0) is 72.1 Å². The van der Waals surface area contributed by atoms with Crippen LogP contribution in [0.2, 0.25) is 0 Å². The van der Waals surface area contributed by atoms with Crippen LogP contribution in [-0.2, 0) is 35.4 Å². The van der Waals surface area contributed by atoms with Crippen molar-refractivity contribution in [2.24, 2.45) is 5.16 Å². The first kappa shape index (κ1) is 28.4. The Morgan fingerprint density at radius 2 is 1.86 bits per heavy atom. The van der Waals surface area contributed by atoms with Gasteiger partial charge in [-0.25, -0.2) is 4.79 Å². The van der Waals surface area contributed by atoms with E-state index in [1.54, 1.807) is 19.1 Å². The molecule has 0 radical (unpaired) electrons. The third-order valence-corrected chi connectivity index (χ3v) is 6.86. The summed E-state index contributed by atoms with van der Waals surface area (Å²) in [7, 11) is 0. The molecular formula is C29H35F3N2O3. The Hall–Kier alpha value is -3.13. The van der Waals surface area contributed by atoms with E-state index in [4.69, 9.17) is 9.94 Å². The molecule has 1 fully saturated rings. The molecule has 0 saturated heterocycles. The Morgan fingerprint density at radius 1 is 1.14 bits per heavy atom. The molecule has 1 aliphatic carbocycles. The first-order chi connectivity index (χ1) is 17.6. The van der Waals surface area contributed by atoms with Crippen molar-refractivity contribution in [2.75, 3.05) is 6.54 Å². The van der Waals surface area contributed by atoms with Crippen molar-refractivity contribution in [3.63, 3.8) is 0 Å². The highest BCUT2D eigenvalue weighted by Gasteiger charge is 2.35. The Bertz CT molecular complexity index is 1140. The van der Waals surface area contributed by atoms with Crippen LogP contribution in [0.4, 0.5) is 13.2 Å². The van der Waals surface area contributed by atoms with E-state index >= 15 is 0 Å². The molecule has 0 spiro atoms. The average molecular weight is 517 g/mol. The van der Waals surface area contributed by atoms with Crippen LogP contribution in [0.3, 0.4) is 0 Å². The van der Waals surface area contributed by atoms with Gasteiger partial charge >= 0.3 is 12.1 Å². The lowest BCUT2D eigenvalue weighted by Crippen LogP contribution is -2.20. The van der Waals surface area contributed by atoms with Gasteiger partial charge in [0.25, 0.3) is 0 Å². The van der Waals surface area contributed by atoms with E-state index in [0.29, 0.717) is 23.4 Å². The second-order valence-electron chi connectivity index (χ2n) is 9.55. The van der Waals surface area contributed by atoms with Gasteiger partial charge in [0.1, 0.15) is 6.61 Å². The van der Waals surface area contributed by atoms with E-state index in [1.165, 1.54) is 6.07 Å². The molecule has 0 aliphatic heterocycles. The molecule has 2 aromatic rings. The minimum atomic E-state index is -4.41. The topological polar surface area (TPSA) is 70.9 Å². The zero-order chi connectivity index (χ0) is 27.0. The van der Waals surface area contributed by atoms with Gasteiger partial charge in [-0.3, -0.25) is 0 Å². The summed E-state index contributed by atoms with van der Waals surface area (Å²) in [6.45, 7) is 7.96. The van der Waals surface area contributed by atoms with Crippen LogP contribution in [0.25, 0.3) is 0 Å². The lowest BCUT2D eigenvalue weighted by Gasteiger charge is -2.25. The number of halogens is 3. The van der Waals surface area contributed by atoms with E-state index < -0.39 is 17.7 Å². The van der Waals surface area contributed by atoms with Gasteiger partial charge in [-0.1, -0.05) is 62.2 Å². The number of rotatable bonds is 11. The van der Waals surface area contributed by atoms with Crippen molar-refractivity contribution >= 4 is 11.7 Å². The normalized spacial score (nSPS) is 15.0. The molecule has 8 heteroatoms. The highest BCUT2D eigenvalue weighted by atomic mass is 19.4. The van der Waals surface area contributed by atoms with Crippen LogP contribution < -0.4 is 5.32 Å². The van der Waals surface area contributed by atoms with Crippen LogP contribution in [0, 0.1) is 0 Å². The quantitative estimate of drug-likeness (QED) is 0.192. The summed E-state index contributed by atoms with van der Waals surface area (Å²) in [5, 5.41) is 16.2. The van der Waals surface area contributed by atoms with Crippen LogP contribution >= 0.6 is 0 Å². The summed E-state index contributed by atoms with van der Waals surface area (Å²) >= 11 is 0. The summed E-state index contributed by atoms with van der Waals surface area (Å²) in [5.74, 6) is -1.07. The van der Waals surface area contributed by atoms with Crippen molar-refractivity contribution in [3.05, 3.63) is 81.9 Å². The fraction of sp³-hybridized carbons (Fsp3) is 0.448. The van der Waals surface area contributed by atoms with E-state index in [0.717, 1.165) is 55.2 Å². The maximum absolute atomic E-state index is 13.8. The molecule has 0 unspecified atom stereocenters. The summed E-state index contributed by atoms with van der Waals surface area (Å²) in [6.07, 6.45) is 0.992. The smallest absolute Gasteiger partial charge is 0.416 e. The van der Waals surface area contributed by atoms with E-state index in [2.05, 4.69) is 17.1 Å². The molecule has 5 nitrogen and oxygen atoms in total. The van der Waals surface area contributed by atoms with E-state index in [-0.39, 0.29) is 24.6 Å². The molecule has 1 aliphatic rings. The van der Waals surface area contributed by atoms with Gasteiger partial charge in [0.05, 0.1) is 11.3 Å². The van der Waals surface area contributed by atoms with Crippen molar-refractivity contribution in [1.29, 1.82) is 0 Å². The lowest BCUT2D eigenvalue weighted by atomic mass is 9.81. The van der Waals surface area contributed by atoms with Crippen molar-refractivity contribution < 1.29 is 27.9 Å². The summed E-state index contributed by atoms with van der Waals surface area (Å²) in [4.78, 5) is 16.3. The number of hydrogen-bond donors (Lipinski definition) is 2. The van der Waals surface area contributed by atoms with Gasteiger partial charge in [0.2, 0.25) is 0 Å². The van der Waals surface area contributed by atoms with Crippen molar-refractivity contribution in [2.45, 2.75) is 77.6 Å². The second kappa shape index (κ2) is 12.9. The lowest BCUT2D eigenvalue weighted by molar-refractivity contribution is -0.138. The molecule has 0 bridgehead atoms. The number of nitrogens with one attached hydrogen (secondary N) is 1. The molecule has 3 rings (SSSR count). The molecule has 0 aromatic heterocycles. The minimum absolute atomic E-state index is 0.0393. The molecule has 200 valence electrons. The maximum Gasteiger partial charge on any atom is 0.416 e. The van der Waals surface area contributed by atoms with Crippen LogP contribution in [-0.4, -0.2) is 23.3 Å². The molecule has 2 N–H and O–H groups in total. The number of nitrogens with zero attached hydrogens (tertiary/aromatic N) is 1. The Balaban J connectivity index is 1.66. The van der Waals surface area contributed by atoms with Gasteiger partial charge in [-0.2, -0.15) is 13.2 Å². The van der Waals surface area contributed by atoms with Crippen molar-refractivity contribution in [1.82, 2.24) is 5.32 Å². The largest absolute Gasteiger partial charge is 0.478 e. The van der Waals surface area contributed by atoms with Crippen LogP contribution in [0.1, 0.15) is 85.3 Å². The number of oxime groups is 1. The van der Waals surface area contributed by atoms with E-state index in [9.17, 15) is 18.0 Å².